The van der Waals surface area contributed by atoms with Gasteiger partial charge in [0, 0.05) is 12.6 Å². The Morgan fingerprint density at radius 1 is 0.762 bits per heavy atom. The van der Waals surface area contributed by atoms with E-state index in [1.807, 2.05) is 0 Å². The molecule has 126 valence electrons. The monoisotopic (exact) mass is 303 g/mol. The van der Waals surface area contributed by atoms with Gasteiger partial charge in [-0.3, -0.25) is 0 Å². The normalized spacial score (nSPS) is 14.0. The largest absolute Gasteiger partial charge is 0.550 e. The van der Waals surface area contributed by atoms with Crippen LogP contribution < -0.4 is 5.11 Å². The number of unbranched alkanes of at least 4 members (excludes halogenated alkanes) is 7. The summed E-state index contributed by atoms with van der Waals surface area (Å²) in [4.78, 5) is 10.2. The Kier molecular flexibility index (Phi) is 13.9. The molecule has 0 unspecified atom stereocenters. The third-order valence-electron chi connectivity index (χ3n) is 3.73. The zero-order valence-corrected chi connectivity index (χ0v) is 13.0. The Bertz CT molecular complexity index is 245. The van der Waals surface area contributed by atoms with Crippen molar-refractivity contribution in [3.63, 3.8) is 0 Å². The first-order valence-electron chi connectivity index (χ1n) is 8.24. The molecule has 0 amide bonds. The average molecular weight is 303 g/mol. The van der Waals surface area contributed by atoms with Crippen molar-refractivity contribution in [3.8, 4) is 0 Å². The van der Waals surface area contributed by atoms with E-state index in [1.165, 1.54) is 0 Å². The lowest BCUT2D eigenvalue weighted by atomic mass is 10.00. The summed E-state index contributed by atoms with van der Waals surface area (Å²) in [6.45, 7) is 0.216. The van der Waals surface area contributed by atoms with Gasteiger partial charge in [-0.15, -0.1) is 0 Å². The molecule has 0 radical (unpaired) electrons. The molecule has 0 saturated heterocycles. The first-order valence-corrected chi connectivity index (χ1v) is 8.24. The van der Waals surface area contributed by atoms with Crippen LogP contribution in [0.1, 0.15) is 77.0 Å². The molecule has 0 fully saturated rings. The Morgan fingerprint density at radius 2 is 1.19 bits per heavy atom. The van der Waals surface area contributed by atoms with Gasteiger partial charge in [0.1, 0.15) is 0 Å². The summed E-state index contributed by atoms with van der Waals surface area (Å²) in [6.07, 6.45) is 7.92. The number of rotatable bonds is 15. The molecule has 0 spiro atoms. The minimum atomic E-state index is -0.993. The second kappa shape index (κ2) is 14.3. The van der Waals surface area contributed by atoms with Gasteiger partial charge in [0.15, 0.2) is 0 Å². The standard InChI is InChI=1S/C16H32O5/c17-13-9-5-4-7-11-15(19)14(18)10-6-2-1-3-8-12-16(20)21/h14-15,17-19H,1-13H2,(H,20,21)/p-1/t14-,15+/m1/s1. The highest BCUT2D eigenvalue weighted by Gasteiger charge is 2.14. The van der Waals surface area contributed by atoms with Gasteiger partial charge in [-0.25, -0.2) is 0 Å². The fourth-order valence-electron chi connectivity index (χ4n) is 2.36. The molecule has 0 heterocycles. The molecule has 5 heteroatoms. The Labute approximate surface area is 128 Å². The highest BCUT2D eigenvalue weighted by atomic mass is 16.4. The predicted molar refractivity (Wildman–Crippen MR) is 79.5 cm³/mol. The van der Waals surface area contributed by atoms with Crippen LogP contribution in [0.3, 0.4) is 0 Å². The van der Waals surface area contributed by atoms with Crippen molar-refractivity contribution in [1.82, 2.24) is 0 Å². The molecule has 0 rings (SSSR count). The maximum Gasteiger partial charge on any atom is 0.0799 e. The number of hydrogen-bond acceptors (Lipinski definition) is 5. The van der Waals surface area contributed by atoms with Crippen LogP contribution in [0, 0.1) is 0 Å². The third-order valence-corrected chi connectivity index (χ3v) is 3.73. The fourth-order valence-corrected chi connectivity index (χ4v) is 2.36. The average Bonchev–Trinajstić information content (AvgIpc) is 2.45. The van der Waals surface area contributed by atoms with Gasteiger partial charge in [0.05, 0.1) is 12.2 Å². The quantitative estimate of drug-likeness (QED) is 0.394. The summed E-state index contributed by atoms with van der Waals surface area (Å²) < 4.78 is 0. The Morgan fingerprint density at radius 3 is 1.67 bits per heavy atom. The van der Waals surface area contributed by atoms with E-state index in [0.29, 0.717) is 19.3 Å². The minimum Gasteiger partial charge on any atom is -0.550 e. The maximum atomic E-state index is 10.2. The molecular weight excluding hydrogens is 272 g/mol. The molecule has 21 heavy (non-hydrogen) atoms. The van der Waals surface area contributed by atoms with E-state index < -0.39 is 18.2 Å². The molecule has 0 aromatic rings. The van der Waals surface area contributed by atoms with Gasteiger partial charge in [0.25, 0.3) is 0 Å². The van der Waals surface area contributed by atoms with Crippen LogP contribution in [0.25, 0.3) is 0 Å². The van der Waals surface area contributed by atoms with E-state index in [2.05, 4.69) is 0 Å². The first-order chi connectivity index (χ1) is 10.1. The summed E-state index contributed by atoms with van der Waals surface area (Å²) in [6, 6.07) is 0. The highest BCUT2D eigenvalue weighted by molar-refractivity contribution is 5.63. The SMILES string of the molecule is O=C([O-])CCCCCCC[C@@H](O)[C@@H](O)CCCCCCO. The number of carbonyl (C=O) groups is 1. The van der Waals surface area contributed by atoms with Crippen molar-refractivity contribution in [1.29, 1.82) is 0 Å². The second-order valence-electron chi connectivity index (χ2n) is 5.74. The molecule has 3 N–H and O–H groups in total. The molecule has 5 nitrogen and oxygen atoms in total. The molecule has 0 aromatic carbocycles. The van der Waals surface area contributed by atoms with Crippen molar-refractivity contribution >= 4 is 5.97 Å². The lowest BCUT2D eigenvalue weighted by Crippen LogP contribution is -2.25. The Hall–Kier alpha value is -0.650. The second-order valence-corrected chi connectivity index (χ2v) is 5.74. The number of hydrogen-bond donors (Lipinski definition) is 3. The molecule has 2 atom stereocenters. The van der Waals surface area contributed by atoms with E-state index in [-0.39, 0.29) is 13.0 Å². The van der Waals surface area contributed by atoms with E-state index in [1.54, 1.807) is 0 Å². The predicted octanol–water partition coefficient (Wildman–Crippen LogP) is 1.13. The smallest absolute Gasteiger partial charge is 0.0799 e. The first kappa shape index (κ1) is 20.3. The van der Waals surface area contributed by atoms with Crippen molar-refractivity contribution in [2.24, 2.45) is 0 Å². The molecular formula is C16H31O5-. The van der Waals surface area contributed by atoms with Crippen LogP contribution in [0.15, 0.2) is 0 Å². The number of aliphatic hydroxyl groups excluding tert-OH is 3. The number of aliphatic carboxylic acids is 1. The van der Waals surface area contributed by atoms with Crippen LogP contribution in [0.4, 0.5) is 0 Å². The maximum absolute atomic E-state index is 10.2. The number of aliphatic hydroxyl groups is 3. The number of carbonyl (C=O) groups excluding carboxylic acids is 1. The van der Waals surface area contributed by atoms with Crippen molar-refractivity contribution in [2.75, 3.05) is 6.61 Å². The molecule has 0 aliphatic carbocycles. The van der Waals surface area contributed by atoms with Crippen molar-refractivity contribution in [2.45, 2.75) is 89.3 Å². The van der Waals surface area contributed by atoms with Gasteiger partial charge < -0.3 is 25.2 Å². The summed E-state index contributed by atoms with van der Waals surface area (Å²) in [5.74, 6) is -0.993. The van der Waals surface area contributed by atoms with Gasteiger partial charge in [0.2, 0.25) is 0 Å². The molecule has 0 aromatic heterocycles. The summed E-state index contributed by atoms with van der Waals surface area (Å²) in [7, 11) is 0. The van der Waals surface area contributed by atoms with Gasteiger partial charge in [-0.2, -0.15) is 0 Å². The highest BCUT2D eigenvalue weighted by Crippen LogP contribution is 2.14. The minimum absolute atomic E-state index is 0.123. The lowest BCUT2D eigenvalue weighted by Gasteiger charge is -2.17. The van der Waals surface area contributed by atoms with E-state index in [9.17, 15) is 20.1 Å². The zero-order valence-electron chi connectivity index (χ0n) is 13.0. The number of carboxylic acids is 1. The molecule has 0 saturated carbocycles. The Balaban J connectivity index is 3.38. The summed E-state index contributed by atoms with van der Waals surface area (Å²) >= 11 is 0. The lowest BCUT2D eigenvalue weighted by molar-refractivity contribution is -0.305. The molecule has 0 aliphatic heterocycles. The van der Waals surface area contributed by atoms with Gasteiger partial charge in [-0.05, 0) is 32.1 Å². The van der Waals surface area contributed by atoms with Crippen LogP contribution in [-0.2, 0) is 4.79 Å². The van der Waals surface area contributed by atoms with E-state index in [4.69, 9.17) is 5.11 Å². The summed E-state index contributed by atoms with van der Waals surface area (Å²) in [5, 5.41) is 38.5. The fraction of sp³-hybridized carbons (Fsp3) is 0.938. The zero-order chi connectivity index (χ0) is 15.9. The topological polar surface area (TPSA) is 101 Å². The van der Waals surface area contributed by atoms with Crippen LogP contribution in [-0.4, -0.2) is 40.1 Å². The van der Waals surface area contributed by atoms with Crippen LogP contribution in [0.2, 0.25) is 0 Å². The molecule has 0 aliphatic rings. The van der Waals surface area contributed by atoms with E-state index >= 15 is 0 Å². The van der Waals surface area contributed by atoms with E-state index in [0.717, 1.165) is 51.4 Å². The van der Waals surface area contributed by atoms with Crippen molar-refractivity contribution in [3.05, 3.63) is 0 Å². The molecule has 0 bridgehead atoms. The number of carboxylic acid groups (broad SMARTS) is 1. The van der Waals surface area contributed by atoms with Gasteiger partial charge >= 0.3 is 0 Å². The van der Waals surface area contributed by atoms with Crippen molar-refractivity contribution < 1.29 is 25.2 Å². The van der Waals surface area contributed by atoms with Gasteiger partial charge in [-0.1, -0.05) is 44.9 Å². The third kappa shape index (κ3) is 14.1. The van der Waals surface area contributed by atoms with Crippen LogP contribution >= 0.6 is 0 Å². The summed E-state index contributed by atoms with van der Waals surface area (Å²) in [5.41, 5.74) is 0. The van der Waals surface area contributed by atoms with Crippen LogP contribution in [0.5, 0.6) is 0 Å².